The summed E-state index contributed by atoms with van der Waals surface area (Å²) in [4.78, 5) is 28.7. The van der Waals surface area contributed by atoms with Crippen molar-refractivity contribution in [3.05, 3.63) is 94.7 Å². The molecular weight excluding hydrogens is 436 g/mol. The summed E-state index contributed by atoms with van der Waals surface area (Å²) in [6, 6.07) is 21.0. The van der Waals surface area contributed by atoms with Gasteiger partial charge in [0.25, 0.3) is 11.8 Å². The first-order chi connectivity index (χ1) is 16.9. The first-order valence-corrected chi connectivity index (χ1v) is 12.2. The summed E-state index contributed by atoms with van der Waals surface area (Å²) in [5.41, 5.74) is 5.90. The van der Waals surface area contributed by atoms with Crippen LogP contribution in [0.5, 0.6) is 5.75 Å². The van der Waals surface area contributed by atoms with Crippen molar-refractivity contribution in [1.82, 2.24) is 0 Å². The highest BCUT2D eigenvalue weighted by Gasteiger charge is 2.40. The fourth-order valence-electron chi connectivity index (χ4n) is 4.39. The molecule has 0 unspecified atom stereocenters. The summed E-state index contributed by atoms with van der Waals surface area (Å²) >= 11 is 0. The number of aryl methyl sites for hydroxylation is 3. The van der Waals surface area contributed by atoms with Gasteiger partial charge in [0.2, 0.25) is 0 Å². The molecule has 3 aromatic carbocycles. The lowest BCUT2D eigenvalue weighted by Gasteiger charge is -2.16. The van der Waals surface area contributed by atoms with Crippen LogP contribution in [0.1, 0.15) is 48.9 Å². The molecule has 1 heterocycles. The van der Waals surface area contributed by atoms with E-state index < -0.39 is 0 Å². The zero-order valence-corrected chi connectivity index (χ0v) is 20.9. The number of imide groups is 1. The van der Waals surface area contributed by atoms with Crippen LogP contribution >= 0.6 is 0 Å². The van der Waals surface area contributed by atoms with Crippen LogP contribution in [0, 0.1) is 13.8 Å². The topological polar surface area (TPSA) is 58.6 Å². The number of hydrogen-bond donors (Lipinski definition) is 1. The lowest BCUT2D eigenvalue weighted by Crippen LogP contribution is -2.32. The molecule has 0 spiro atoms. The van der Waals surface area contributed by atoms with Crippen molar-refractivity contribution in [2.75, 3.05) is 16.8 Å². The van der Waals surface area contributed by atoms with E-state index in [1.807, 2.05) is 87.5 Å². The molecule has 0 radical (unpaired) electrons. The van der Waals surface area contributed by atoms with Gasteiger partial charge in [0.05, 0.1) is 17.9 Å². The van der Waals surface area contributed by atoms with Gasteiger partial charge in [0, 0.05) is 11.8 Å². The molecule has 0 aromatic heterocycles. The van der Waals surface area contributed by atoms with Gasteiger partial charge in [-0.2, -0.15) is 0 Å². The molecule has 35 heavy (non-hydrogen) atoms. The highest BCUT2D eigenvalue weighted by Crippen LogP contribution is 2.35. The van der Waals surface area contributed by atoms with Crippen molar-refractivity contribution in [1.29, 1.82) is 0 Å². The fourth-order valence-corrected chi connectivity index (χ4v) is 4.39. The second-order valence-corrected chi connectivity index (χ2v) is 8.87. The average molecular weight is 469 g/mol. The standard InChI is InChI=1S/C30H32N2O3/c1-5-7-9-22-13-15-24(16-14-22)32-29(33)27(26-17-12-20(3)18-21(26)4)28(30(32)34)31-23-10-8-11-25(19-23)35-6-2/h8,10-19,31H,5-7,9H2,1-4H3. The zero-order chi connectivity index (χ0) is 24.9. The minimum absolute atomic E-state index is 0.269. The van der Waals surface area contributed by atoms with Crippen LogP contribution in [0.2, 0.25) is 0 Å². The Hall–Kier alpha value is -3.86. The molecule has 1 N–H and O–H groups in total. The van der Waals surface area contributed by atoms with Gasteiger partial charge in [0.15, 0.2) is 0 Å². The SMILES string of the molecule is CCCCc1ccc(N2C(=O)C(Nc3cccc(OCC)c3)=C(c3ccc(C)cc3C)C2=O)cc1. The van der Waals surface area contributed by atoms with Gasteiger partial charge in [-0.1, -0.05) is 55.3 Å². The highest BCUT2D eigenvalue weighted by molar-refractivity contribution is 6.46. The maximum absolute atomic E-state index is 13.8. The van der Waals surface area contributed by atoms with Gasteiger partial charge in [-0.25, -0.2) is 4.90 Å². The Kier molecular flexibility index (Phi) is 7.35. The molecule has 4 rings (SSSR count). The number of unbranched alkanes of at least 4 members (excludes halogenated alkanes) is 1. The zero-order valence-electron chi connectivity index (χ0n) is 20.9. The van der Waals surface area contributed by atoms with Gasteiger partial charge in [-0.15, -0.1) is 0 Å². The van der Waals surface area contributed by atoms with E-state index in [2.05, 4.69) is 12.2 Å². The van der Waals surface area contributed by atoms with Gasteiger partial charge in [-0.05, 0) is 74.6 Å². The Balaban J connectivity index is 1.75. The molecule has 1 aliphatic rings. The molecule has 0 atom stereocenters. The minimum Gasteiger partial charge on any atom is -0.494 e. The molecule has 1 aliphatic heterocycles. The van der Waals surface area contributed by atoms with Crippen LogP contribution in [-0.4, -0.2) is 18.4 Å². The third-order valence-electron chi connectivity index (χ3n) is 6.16. The number of ether oxygens (including phenoxy) is 1. The van der Waals surface area contributed by atoms with E-state index in [0.29, 0.717) is 29.3 Å². The predicted molar refractivity (Wildman–Crippen MR) is 142 cm³/mol. The summed E-state index contributed by atoms with van der Waals surface area (Å²) < 4.78 is 5.61. The number of hydrogen-bond acceptors (Lipinski definition) is 4. The molecule has 5 nitrogen and oxygen atoms in total. The third kappa shape index (κ3) is 5.14. The van der Waals surface area contributed by atoms with Crippen molar-refractivity contribution < 1.29 is 14.3 Å². The first-order valence-electron chi connectivity index (χ1n) is 12.2. The van der Waals surface area contributed by atoms with Crippen molar-refractivity contribution in [3.63, 3.8) is 0 Å². The van der Waals surface area contributed by atoms with Gasteiger partial charge in [0.1, 0.15) is 11.4 Å². The maximum Gasteiger partial charge on any atom is 0.282 e. The van der Waals surface area contributed by atoms with Gasteiger partial charge < -0.3 is 10.1 Å². The van der Waals surface area contributed by atoms with Crippen LogP contribution in [0.3, 0.4) is 0 Å². The smallest absolute Gasteiger partial charge is 0.282 e. The first kappa shape index (κ1) is 24.3. The number of carbonyl (C=O) groups is 2. The number of rotatable bonds is 9. The molecule has 180 valence electrons. The molecule has 5 heteroatoms. The molecule has 3 aromatic rings. The normalized spacial score (nSPS) is 13.5. The molecule has 0 saturated heterocycles. The number of amides is 2. The van der Waals surface area contributed by atoms with Crippen LogP contribution in [0.15, 0.2) is 72.4 Å². The largest absolute Gasteiger partial charge is 0.494 e. The van der Waals surface area contributed by atoms with Gasteiger partial charge in [-0.3, -0.25) is 9.59 Å². The van der Waals surface area contributed by atoms with Crippen LogP contribution < -0.4 is 15.0 Å². The van der Waals surface area contributed by atoms with Crippen LogP contribution in [0.25, 0.3) is 5.57 Å². The van der Waals surface area contributed by atoms with E-state index in [-0.39, 0.29) is 17.5 Å². The number of carbonyl (C=O) groups excluding carboxylic acids is 2. The Morgan fingerprint density at radius 3 is 2.34 bits per heavy atom. The average Bonchev–Trinajstić information content (AvgIpc) is 3.08. The Morgan fingerprint density at radius 1 is 0.886 bits per heavy atom. The summed E-state index contributed by atoms with van der Waals surface area (Å²) in [6.45, 7) is 8.60. The number of anilines is 2. The molecule has 0 fully saturated rings. The molecule has 0 aliphatic carbocycles. The quantitative estimate of drug-likeness (QED) is 0.367. The highest BCUT2D eigenvalue weighted by atomic mass is 16.5. The monoisotopic (exact) mass is 468 g/mol. The van der Waals surface area contributed by atoms with E-state index in [1.165, 1.54) is 10.5 Å². The summed E-state index contributed by atoms with van der Waals surface area (Å²) in [5.74, 6) is 0.00211. The fraction of sp³-hybridized carbons (Fsp3) is 0.267. The lowest BCUT2D eigenvalue weighted by atomic mass is 9.97. The molecule has 0 saturated carbocycles. The van der Waals surface area contributed by atoms with Crippen molar-refractivity contribution in [2.45, 2.75) is 47.0 Å². The minimum atomic E-state index is -0.368. The number of benzene rings is 3. The van der Waals surface area contributed by atoms with Crippen molar-refractivity contribution in [2.24, 2.45) is 0 Å². The molecular formula is C30H32N2O3. The maximum atomic E-state index is 13.8. The van der Waals surface area contributed by atoms with Crippen LogP contribution in [0.4, 0.5) is 11.4 Å². The Bertz CT molecular complexity index is 1280. The summed E-state index contributed by atoms with van der Waals surface area (Å²) in [7, 11) is 0. The number of nitrogens with zero attached hydrogens (tertiary/aromatic N) is 1. The number of nitrogens with one attached hydrogen (secondary N) is 1. The van der Waals surface area contributed by atoms with Gasteiger partial charge >= 0.3 is 0 Å². The van der Waals surface area contributed by atoms with E-state index in [9.17, 15) is 9.59 Å². The molecule has 2 amide bonds. The van der Waals surface area contributed by atoms with E-state index >= 15 is 0 Å². The van der Waals surface area contributed by atoms with E-state index in [0.717, 1.165) is 36.0 Å². The van der Waals surface area contributed by atoms with Crippen LogP contribution in [-0.2, 0) is 16.0 Å². The van der Waals surface area contributed by atoms with E-state index in [4.69, 9.17) is 4.74 Å². The predicted octanol–water partition coefficient (Wildman–Crippen LogP) is 6.44. The van der Waals surface area contributed by atoms with Crippen molar-refractivity contribution in [3.8, 4) is 5.75 Å². The Morgan fingerprint density at radius 2 is 1.66 bits per heavy atom. The lowest BCUT2D eigenvalue weighted by molar-refractivity contribution is -0.120. The molecule has 0 bridgehead atoms. The van der Waals surface area contributed by atoms with E-state index in [1.54, 1.807) is 0 Å². The summed E-state index contributed by atoms with van der Waals surface area (Å²) in [6.07, 6.45) is 3.20. The Labute approximate surface area is 207 Å². The third-order valence-corrected chi connectivity index (χ3v) is 6.16. The van der Waals surface area contributed by atoms with Crippen molar-refractivity contribution >= 4 is 28.8 Å². The second-order valence-electron chi connectivity index (χ2n) is 8.87. The second kappa shape index (κ2) is 10.6. The summed E-state index contributed by atoms with van der Waals surface area (Å²) in [5, 5.41) is 3.24.